The summed E-state index contributed by atoms with van der Waals surface area (Å²) in [5.41, 5.74) is 6.31. The Labute approximate surface area is 208 Å². The van der Waals surface area contributed by atoms with Crippen LogP contribution in [-0.4, -0.2) is 33.4 Å². The van der Waals surface area contributed by atoms with E-state index in [2.05, 4.69) is 61.0 Å². The fraction of sp³-hybridized carbons (Fsp3) is 0.286. The molecule has 1 atom stereocenters. The molecule has 34 heavy (non-hydrogen) atoms. The van der Waals surface area contributed by atoms with Crippen LogP contribution in [0.25, 0.3) is 16.7 Å². The number of carbonyl (C=O) groups is 1. The number of benzene rings is 3. The fourth-order valence-corrected chi connectivity index (χ4v) is 5.32. The number of hydrogen-bond acceptors (Lipinski definition) is 3. The molecule has 2 heterocycles. The molecule has 0 unspecified atom stereocenters. The van der Waals surface area contributed by atoms with Crippen molar-refractivity contribution >= 4 is 38.6 Å². The Morgan fingerprint density at radius 2 is 1.82 bits per heavy atom. The van der Waals surface area contributed by atoms with Crippen molar-refractivity contribution in [1.82, 2.24) is 14.5 Å². The molecule has 1 amide bonds. The van der Waals surface area contributed by atoms with Crippen LogP contribution in [0.1, 0.15) is 29.8 Å². The maximum absolute atomic E-state index is 13.2. The summed E-state index contributed by atoms with van der Waals surface area (Å²) in [7, 11) is 0. The van der Waals surface area contributed by atoms with Crippen LogP contribution in [-0.2, 0) is 11.3 Å². The molecule has 1 aliphatic rings. The van der Waals surface area contributed by atoms with Gasteiger partial charge in [-0.1, -0.05) is 52.3 Å². The lowest BCUT2D eigenvalue weighted by atomic mass is 9.96. The average molecular weight is 517 g/mol. The zero-order valence-corrected chi connectivity index (χ0v) is 21.2. The van der Waals surface area contributed by atoms with Crippen molar-refractivity contribution in [3.05, 3.63) is 88.2 Å². The largest absolute Gasteiger partial charge is 0.325 e. The monoisotopic (exact) mass is 516 g/mol. The molecule has 0 bridgehead atoms. The number of aryl methyl sites for hydroxylation is 2. The van der Waals surface area contributed by atoms with Crippen LogP contribution in [0.15, 0.2) is 71.2 Å². The van der Waals surface area contributed by atoms with Gasteiger partial charge in [0.2, 0.25) is 5.91 Å². The number of amides is 1. The number of hydrogen-bond donors (Lipinski definition) is 1. The summed E-state index contributed by atoms with van der Waals surface area (Å²) in [6.45, 7) is 6.49. The third kappa shape index (κ3) is 4.65. The van der Waals surface area contributed by atoms with E-state index in [0.717, 1.165) is 69.8 Å². The van der Waals surface area contributed by atoms with Crippen molar-refractivity contribution in [2.75, 3.05) is 18.4 Å². The number of nitrogens with one attached hydrogen (secondary N) is 1. The predicted octanol–water partition coefficient (Wildman–Crippen LogP) is 6.26. The molecule has 0 spiro atoms. The molecule has 6 heteroatoms. The van der Waals surface area contributed by atoms with Crippen LogP contribution in [0.2, 0.25) is 0 Å². The molecular weight excluding hydrogens is 488 g/mol. The first kappa shape index (κ1) is 22.8. The molecule has 174 valence electrons. The Kier molecular flexibility index (Phi) is 6.53. The zero-order valence-electron chi connectivity index (χ0n) is 19.6. The number of nitrogens with zero attached hydrogens (tertiary/aromatic N) is 3. The van der Waals surface area contributed by atoms with Gasteiger partial charge in [-0.2, -0.15) is 0 Å². The first-order valence-corrected chi connectivity index (χ1v) is 12.6. The lowest BCUT2D eigenvalue weighted by Gasteiger charge is -2.32. The van der Waals surface area contributed by atoms with E-state index in [1.165, 1.54) is 0 Å². The second-order valence-corrected chi connectivity index (χ2v) is 10.1. The molecule has 0 aliphatic carbocycles. The highest BCUT2D eigenvalue weighted by atomic mass is 79.9. The lowest BCUT2D eigenvalue weighted by Crippen LogP contribution is -2.40. The number of halogens is 1. The highest BCUT2D eigenvalue weighted by Gasteiger charge is 2.27. The van der Waals surface area contributed by atoms with Gasteiger partial charge in [-0.3, -0.25) is 14.3 Å². The predicted molar refractivity (Wildman–Crippen MR) is 141 cm³/mol. The second kappa shape index (κ2) is 9.72. The Morgan fingerprint density at radius 3 is 2.62 bits per heavy atom. The van der Waals surface area contributed by atoms with Crippen molar-refractivity contribution in [2.45, 2.75) is 33.2 Å². The Morgan fingerprint density at radius 1 is 1.06 bits per heavy atom. The maximum atomic E-state index is 13.2. The van der Waals surface area contributed by atoms with E-state index in [-0.39, 0.29) is 11.8 Å². The molecule has 5 nitrogen and oxygen atoms in total. The van der Waals surface area contributed by atoms with Crippen molar-refractivity contribution < 1.29 is 4.79 Å². The summed E-state index contributed by atoms with van der Waals surface area (Å²) < 4.78 is 3.27. The minimum atomic E-state index is -0.0311. The summed E-state index contributed by atoms with van der Waals surface area (Å²) in [6, 6.07) is 22.7. The van der Waals surface area contributed by atoms with Crippen LogP contribution in [0.4, 0.5) is 5.69 Å². The SMILES string of the molecule is Cc1cccc(C)c1NC(=O)[C@@H]1CCCN(Cc2nc3ccccc3n2-c2cccc(Br)c2)C1. The van der Waals surface area contributed by atoms with Gasteiger partial charge in [0, 0.05) is 22.4 Å². The van der Waals surface area contributed by atoms with Gasteiger partial charge in [-0.05, 0) is 74.7 Å². The van der Waals surface area contributed by atoms with E-state index in [1.807, 2.05) is 50.2 Å². The normalized spacial score (nSPS) is 16.6. The van der Waals surface area contributed by atoms with Crippen molar-refractivity contribution in [2.24, 2.45) is 5.92 Å². The summed E-state index contributed by atoms with van der Waals surface area (Å²) in [6.07, 6.45) is 1.91. The molecule has 0 radical (unpaired) electrons. The van der Waals surface area contributed by atoms with Crippen LogP contribution in [0.3, 0.4) is 0 Å². The van der Waals surface area contributed by atoms with Crippen LogP contribution in [0, 0.1) is 19.8 Å². The van der Waals surface area contributed by atoms with E-state index in [0.29, 0.717) is 6.54 Å². The van der Waals surface area contributed by atoms with E-state index in [9.17, 15) is 4.79 Å². The van der Waals surface area contributed by atoms with E-state index < -0.39 is 0 Å². The van der Waals surface area contributed by atoms with E-state index in [4.69, 9.17) is 4.98 Å². The van der Waals surface area contributed by atoms with Gasteiger partial charge in [0.25, 0.3) is 0 Å². The maximum Gasteiger partial charge on any atom is 0.228 e. The van der Waals surface area contributed by atoms with Crippen molar-refractivity contribution in [3.8, 4) is 5.69 Å². The minimum absolute atomic E-state index is 0.0311. The number of carbonyl (C=O) groups excluding carboxylic acids is 1. The summed E-state index contributed by atoms with van der Waals surface area (Å²) in [5.74, 6) is 1.08. The van der Waals surface area contributed by atoms with Gasteiger partial charge < -0.3 is 5.32 Å². The molecule has 5 rings (SSSR count). The number of fused-ring (bicyclic) bond motifs is 1. The third-order valence-electron chi connectivity index (χ3n) is 6.67. The number of anilines is 1. The molecule has 1 saturated heterocycles. The molecule has 1 aromatic heterocycles. The number of para-hydroxylation sites is 3. The Hall–Kier alpha value is -2.96. The molecule has 4 aromatic rings. The standard InChI is InChI=1S/C28H29BrN4O/c1-19-8-5-9-20(2)27(19)31-28(34)21-10-7-15-32(17-21)18-26-30-24-13-3-4-14-25(24)33(26)23-12-6-11-22(29)16-23/h3-6,8-9,11-14,16,21H,7,10,15,17-18H2,1-2H3,(H,31,34)/t21-/m1/s1. The molecule has 1 N–H and O–H groups in total. The quantitative estimate of drug-likeness (QED) is 0.340. The molecule has 3 aromatic carbocycles. The number of rotatable bonds is 5. The topological polar surface area (TPSA) is 50.2 Å². The Bertz CT molecular complexity index is 1330. The van der Waals surface area contributed by atoms with Crippen molar-refractivity contribution in [1.29, 1.82) is 0 Å². The summed E-state index contributed by atoms with van der Waals surface area (Å²) in [5, 5.41) is 3.21. The van der Waals surface area contributed by atoms with Gasteiger partial charge >= 0.3 is 0 Å². The smallest absolute Gasteiger partial charge is 0.228 e. The highest BCUT2D eigenvalue weighted by molar-refractivity contribution is 9.10. The first-order valence-electron chi connectivity index (χ1n) is 11.8. The highest BCUT2D eigenvalue weighted by Crippen LogP contribution is 2.27. The van der Waals surface area contributed by atoms with E-state index >= 15 is 0 Å². The zero-order chi connectivity index (χ0) is 23.7. The molecule has 0 saturated carbocycles. The van der Waals surface area contributed by atoms with Gasteiger partial charge in [0.15, 0.2) is 0 Å². The second-order valence-electron chi connectivity index (χ2n) is 9.16. The molecule has 1 fully saturated rings. The fourth-order valence-electron chi connectivity index (χ4n) is 4.94. The average Bonchev–Trinajstić information content (AvgIpc) is 3.19. The minimum Gasteiger partial charge on any atom is -0.325 e. The first-order chi connectivity index (χ1) is 16.5. The van der Waals surface area contributed by atoms with Crippen LogP contribution in [0.5, 0.6) is 0 Å². The van der Waals surface area contributed by atoms with Crippen molar-refractivity contribution in [3.63, 3.8) is 0 Å². The number of piperidine rings is 1. The van der Waals surface area contributed by atoms with Crippen LogP contribution < -0.4 is 5.32 Å². The summed E-state index contributed by atoms with van der Waals surface area (Å²) in [4.78, 5) is 20.5. The van der Waals surface area contributed by atoms with Gasteiger partial charge in [0.05, 0.1) is 23.5 Å². The molecule has 1 aliphatic heterocycles. The lowest BCUT2D eigenvalue weighted by molar-refractivity contribution is -0.121. The van der Waals surface area contributed by atoms with Gasteiger partial charge in [-0.25, -0.2) is 4.98 Å². The number of imidazole rings is 1. The third-order valence-corrected chi connectivity index (χ3v) is 7.16. The van der Waals surface area contributed by atoms with E-state index in [1.54, 1.807) is 0 Å². The number of likely N-dealkylation sites (tertiary alicyclic amines) is 1. The summed E-state index contributed by atoms with van der Waals surface area (Å²) >= 11 is 3.61. The van der Waals surface area contributed by atoms with Gasteiger partial charge in [-0.15, -0.1) is 0 Å². The Balaban J connectivity index is 1.38. The number of aromatic nitrogens is 2. The van der Waals surface area contributed by atoms with Gasteiger partial charge in [0.1, 0.15) is 5.82 Å². The molecular formula is C28H29BrN4O. The van der Waals surface area contributed by atoms with Crippen LogP contribution >= 0.6 is 15.9 Å².